The molecule has 21 heavy (non-hydrogen) atoms. The molecule has 0 spiro atoms. The molecule has 4 nitrogen and oxygen atoms in total. The van der Waals surface area contributed by atoms with Crippen LogP contribution in [-0.4, -0.2) is 17.0 Å². The molecule has 2 aromatic rings. The second-order valence-corrected chi connectivity index (χ2v) is 5.09. The van der Waals surface area contributed by atoms with Gasteiger partial charge in [-0.3, -0.25) is 4.79 Å². The lowest BCUT2D eigenvalue weighted by molar-refractivity contribution is -0.115. The topological polar surface area (TPSA) is 66.4 Å². The second kappa shape index (κ2) is 6.41. The van der Waals surface area contributed by atoms with Crippen LogP contribution in [0, 0.1) is 6.92 Å². The quantitative estimate of drug-likeness (QED) is 0.908. The molecule has 0 radical (unpaired) electrons. The van der Waals surface area contributed by atoms with Gasteiger partial charge in [-0.15, -0.1) is 0 Å². The van der Waals surface area contributed by atoms with Crippen molar-refractivity contribution in [1.29, 1.82) is 0 Å². The fourth-order valence-corrected chi connectivity index (χ4v) is 2.19. The van der Waals surface area contributed by atoms with E-state index in [4.69, 9.17) is 16.7 Å². The van der Waals surface area contributed by atoms with Gasteiger partial charge in [0.25, 0.3) is 0 Å². The number of aryl methyl sites for hydroxylation is 1. The van der Waals surface area contributed by atoms with Gasteiger partial charge in [-0.05, 0) is 24.6 Å². The largest absolute Gasteiger partial charge is 0.478 e. The number of halogens is 1. The maximum atomic E-state index is 12.0. The van der Waals surface area contributed by atoms with Crippen LogP contribution in [0.15, 0.2) is 42.5 Å². The summed E-state index contributed by atoms with van der Waals surface area (Å²) in [5, 5.41) is 11.8. The molecular weight excluding hydrogens is 290 g/mol. The van der Waals surface area contributed by atoms with Crippen molar-refractivity contribution in [2.24, 2.45) is 0 Å². The van der Waals surface area contributed by atoms with E-state index in [1.807, 2.05) is 31.2 Å². The molecule has 108 valence electrons. The van der Waals surface area contributed by atoms with Gasteiger partial charge in [0, 0.05) is 0 Å². The maximum Gasteiger partial charge on any atom is 0.339 e. The number of hydrogen-bond acceptors (Lipinski definition) is 2. The molecule has 0 fully saturated rings. The van der Waals surface area contributed by atoms with Gasteiger partial charge in [0.1, 0.15) is 5.56 Å². The van der Waals surface area contributed by atoms with Gasteiger partial charge in [0.05, 0.1) is 17.1 Å². The average Bonchev–Trinajstić information content (AvgIpc) is 2.41. The number of carboxylic acids is 1. The van der Waals surface area contributed by atoms with Crippen LogP contribution in [-0.2, 0) is 11.2 Å². The summed E-state index contributed by atoms with van der Waals surface area (Å²) < 4.78 is 0. The Labute approximate surface area is 127 Å². The number of nitrogens with one attached hydrogen (secondary N) is 1. The number of rotatable bonds is 4. The summed E-state index contributed by atoms with van der Waals surface area (Å²) in [4.78, 5) is 23.2. The van der Waals surface area contributed by atoms with Crippen molar-refractivity contribution >= 4 is 29.2 Å². The fraction of sp³-hybridized carbons (Fsp3) is 0.125. The molecule has 0 aliphatic carbocycles. The number of amides is 1. The zero-order valence-corrected chi connectivity index (χ0v) is 12.1. The van der Waals surface area contributed by atoms with Crippen LogP contribution in [0.4, 0.5) is 5.69 Å². The lowest BCUT2D eigenvalue weighted by Crippen LogP contribution is -2.17. The molecule has 0 saturated carbocycles. The number of carbonyl (C=O) groups excluding carboxylic acids is 1. The van der Waals surface area contributed by atoms with Crippen LogP contribution in [0.25, 0.3) is 0 Å². The Hall–Kier alpha value is -2.33. The maximum absolute atomic E-state index is 12.0. The summed E-state index contributed by atoms with van der Waals surface area (Å²) in [5.41, 5.74) is 2.07. The van der Waals surface area contributed by atoms with E-state index < -0.39 is 5.97 Å². The molecule has 5 heteroatoms. The van der Waals surface area contributed by atoms with Crippen molar-refractivity contribution in [3.05, 3.63) is 64.2 Å². The molecule has 0 aliphatic heterocycles. The van der Waals surface area contributed by atoms with Gasteiger partial charge in [-0.1, -0.05) is 47.5 Å². The Morgan fingerprint density at radius 2 is 1.81 bits per heavy atom. The third kappa shape index (κ3) is 3.83. The first kappa shape index (κ1) is 15.1. The Balaban J connectivity index is 2.15. The summed E-state index contributed by atoms with van der Waals surface area (Å²) >= 11 is 5.85. The van der Waals surface area contributed by atoms with Gasteiger partial charge in [0.2, 0.25) is 5.91 Å². The normalized spacial score (nSPS) is 10.2. The number of anilines is 1. The standard InChI is InChI=1S/C16H14ClNO3/c1-10-5-7-11(8-6-10)9-14(19)18-13-4-2-3-12(17)15(13)16(20)21/h2-8H,9H2,1H3,(H,18,19)(H,20,21). The molecule has 0 aromatic heterocycles. The minimum absolute atomic E-state index is 0.0932. The molecular formula is C16H14ClNO3. The Bertz CT molecular complexity index is 680. The minimum atomic E-state index is -1.17. The van der Waals surface area contributed by atoms with Crippen LogP contribution in [0.1, 0.15) is 21.5 Å². The first-order valence-corrected chi connectivity index (χ1v) is 6.72. The molecule has 0 atom stereocenters. The van der Waals surface area contributed by atoms with E-state index >= 15 is 0 Å². The van der Waals surface area contributed by atoms with Crippen molar-refractivity contribution in [2.45, 2.75) is 13.3 Å². The molecule has 2 rings (SSSR count). The highest BCUT2D eigenvalue weighted by Gasteiger charge is 2.16. The van der Waals surface area contributed by atoms with Crippen molar-refractivity contribution in [3.63, 3.8) is 0 Å². The SMILES string of the molecule is Cc1ccc(CC(=O)Nc2cccc(Cl)c2C(=O)O)cc1. The van der Waals surface area contributed by atoms with Gasteiger partial charge in [0.15, 0.2) is 0 Å². The van der Waals surface area contributed by atoms with E-state index in [0.29, 0.717) is 0 Å². The molecule has 1 amide bonds. The molecule has 2 N–H and O–H groups in total. The monoisotopic (exact) mass is 303 g/mol. The van der Waals surface area contributed by atoms with Crippen molar-refractivity contribution in [3.8, 4) is 0 Å². The predicted octanol–water partition coefficient (Wildman–Crippen LogP) is 3.53. The highest BCUT2D eigenvalue weighted by molar-refractivity contribution is 6.34. The number of benzene rings is 2. The summed E-state index contributed by atoms with van der Waals surface area (Å²) in [5.74, 6) is -1.46. The molecule has 0 bridgehead atoms. The summed E-state index contributed by atoms with van der Waals surface area (Å²) in [6.45, 7) is 1.97. The molecule has 0 saturated heterocycles. The van der Waals surface area contributed by atoms with Crippen molar-refractivity contribution in [1.82, 2.24) is 0 Å². The van der Waals surface area contributed by atoms with E-state index in [2.05, 4.69) is 5.32 Å². The lowest BCUT2D eigenvalue weighted by Gasteiger charge is -2.10. The van der Waals surface area contributed by atoms with E-state index in [1.165, 1.54) is 12.1 Å². The Kier molecular flexibility index (Phi) is 4.60. The first-order valence-electron chi connectivity index (χ1n) is 6.34. The van der Waals surface area contributed by atoms with E-state index in [-0.39, 0.29) is 28.6 Å². The zero-order chi connectivity index (χ0) is 15.4. The van der Waals surface area contributed by atoms with Gasteiger partial charge < -0.3 is 10.4 Å². The number of aromatic carboxylic acids is 1. The van der Waals surface area contributed by atoms with Gasteiger partial charge in [-0.2, -0.15) is 0 Å². The van der Waals surface area contributed by atoms with Gasteiger partial charge >= 0.3 is 5.97 Å². The molecule has 0 unspecified atom stereocenters. The van der Waals surface area contributed by atoms with Gasteiger partial charge in [-0.25, -0.2) is 4.79 Å². The number of carboxylic acid groups (broad SMARTS) is 1. The fourth-order valence-electron chi connectivity index (χ4n) is 1.93. The average molecular weight is 304 g/mol. The first-order chi connectivity index (χ1) is 9.97. The van der Waals surface area contributed by atoms with Crippen LogP contribution >= 0.6 is 11.6 Å². The van der Waals surface area contributed by atoms with Crippen LogP contribution < -0.4 is 5.32 Å². The van der Waals surface area contributed by atoms with E-state index in [9.17, 15) is 9.59 Å². The summed E-state index contributed by atoms with van der Waals surface area (Å²) in [6, 6.07) is 12.2. The molecule has 0 aliphatic rings. The smallest absolute Gasteiger partial charge is 0.339 e. The zero-order valence-electron chi connectivity index (χ0n) is 11.4. The lowest BCUT2D eigenvalue weighted by atomic mass is 10.1. The number of hydrogen-bond donors (Lipinski definition) is 2. The van der Waals surface area contributed by atoms with Crippen LogP contribution in [0.2, 0.25) is 5.02 Å². The van der Waals surface area contributed by atoms with E-state index in [1.54, 1.807) is 6.07 Å². The highest BCUT2D eigenvalue weighted by atomic mass is 35.5. The third-order valence-corrected chi connectivity index (χ3v) is 3.30. The van der Waals surface area contributed by atoms with Crippen LogP contribution in [0.3, 0.4) is 0 Å². The van der Waals surface area contributed by atoms with E-state index in [0.717, 1.165) is 11.1 Å². The molecule has 0 heterocycles. The Morgan fingerprint density at radius 1 is 1.14 bits per heavy atom. The second-order valence-electron chi connectivity index (χ2n) is 4.68. The van der Waals surface area contributed by atoms with Crippen molar-refractivity contribution in [2.75, 3.05) is 5.32 Å². The summed E-state index contributed by atoms with van der Waals surface area (Å²) in [7, 11) is 0. The molecule has 2 aromatic carbocycles. The Morgan fingerprint density at radius 3 is 2.43 bits per heavy atom. The number of carbonyl (C=O) groups is 2. The van der Waals surface area contributed by atoms with Crippen LogP contribution in [0.5, 0.6) is 0 Å². The minimum Gasteiger partial charge on any atom is -0.478 e. The summed E-state index contributed by atoms with van der Waals surface area (Å²) in [6.07, 6.45) is 0.172. The third-order valence-electron chi connectivity index (χ3n) is 2.99. The predicted molar refractivity (Wildman–Crippen MR) is 81.9 cm³/mol. The van der Waals surface area contributed by atoms with Crippen molar-refractivity contribution < 1.29 is 14.7 Å². The highest BCUT2D eigenvalue weighted by Crippen LogP contribution is 2.24.